The van der Waals surface area contributed by atoms with Crippen LogP contribution < -0.4 is 4.90 Å². The lowest BCUT2D eigenvalue weighted by Crippen LogP contribution is -2.33. The van der Waals surface area contributed by atoms with Crippen LogP contribution in [0.2, 0.25) is 0 Å². The number of fused-ring (bicyclic) bond motifs is 1. The molecule has 2 aliphatic rings. The van der Waals surface area contributed by atoms with Gasteiger partial charge >= 0.3 is 0 Å². The van der Waals surface area contributed by atoms with Gasteiger partial charge in [-0.2, -0.15) is 4.98 Å². The van der Waals surface area contributed by atoms with Crippen LogP contribution in [0.5, 0.6) is 0 Å². The van der Waals surface area contributed by atoms with Crippen molar-refractivity contribution in [3.05, 3.63) is 29.3 Å². The summed E-state index contributed by atoms with van der Waals surface area (Å²) in [5, 5.41) is 4.01. The largest absolute Gasteiger partial charge is 0.354 e. The fourth-order valence-corrected chi connectivity index (χ4v) is 4.12. The number of hydrogen-bond donors (Lipinski definition) is 0. The number of aryl methyl sites for hydroxylation is 3. The molecular formula is C16H21N5O. The third-order valence-corrected chi connectivity index (χ3v) is 5.17. The SMILES string of the molecule is Cc1cnc(C)c(N2C[C@@H]3CCC[C@]3(c3nc(C)no3)C2)n1. The molecule has 0 N–H and O–H groups in total. The molecule has 2 aromatic rings. The maximum atomic E-state index is 5.57. The molecule has 2 atom stereocenters. The molecule has 2 fully saturated rings. The predicted octanol–water partition coefficient (Wildman–Crippen LogP) is 2.34. The molecule has 0 unspecified atom stereocenters. The summed E-state index contributed by atoms with van der Waals surface area (Å²) in [5.41, 5.74) is 1.95. The van der Waals surface area contributed by atoms with Gasteiger partial charge in [-0.25, -0.2) is 4.98 Å². The fraction of sp³-hybridized carbons (Fsp3) is 0.625. The molecule has 1 aliphatic heterocycles. The van der Waals surface area contributed by atoms with E-state index in [9.17, 15) is 0 Å². The number of hydrogen-bond acceptors (Lipinski definition) is 6. The molecule has 0 spiro atoms. The molecule has 4 rings (SSSR count). The van der Waals surface area contributed by atoms with Gasteiger partial charge in [0.25, 0.3) is 0 Å². The van der Waals surface area contributed by atoms with Gasteiger partial charge < -0.3 is 9.42 Å². The van der Waals surface area contributed by atoms with Crippen LogP contribution in [0.4, 0.5) is 5.82 Å². The molecule has 1 saturated heterocycles. The van der Waals surface area contributed by atoms with Crippen molar-refractivity contribution in [2.24, 2.45) is 5.92 Å². The molecule has 6 nitrogen and oxygen atoms in total. The Balaban J connectivity index is 1.71. The zero-order chi connectivity index (χ0) is 15.3. The zero-order valence-corrected chi connectivity index (χ0v) is 13.3. The Hall–Kier alpha value is -1.98. The summed E-state index contributed by atoms with van der Waals surface area (Å²) in [5.74, 6) is 3.10. The Kier molecular flexibility index (Phi) is 2.96. The minimum atomic E-state index is -0.000867. The number of aromatic nitrogens is 4. The van der Waals surface area contributed by atoms with Crippen LogP contribution in [0.25, 0.3) is 0 Å². The summed E-state index contributed by atoms with van der Waals surface area (Å²) in [6.45, 7) is 7.80. The zero-order valence-electron chi connectivity index (χ0n) is 13.3. The van der Waals surface area contributed by atoms with Crippen molar-refractivity contribution in [3.8, 4) is 0 Å². The van der Waals surface area contributed by atoms with Gasteiger partial charge in [0.15, 0.2) is 5.82 Å². The molecule has 0 bridgehead atoms. The summed E-state index contributed by atoms with van der Waals surface area (Å²) in [4.78, 5) is 16.1. The molecule has 2 aromatic heterocycles. The first-order valence-corrected chi connectivity index (χ1v) is 7.94. The van der Waals surface area contributed by atoms with E-state index in [1.165, 1.54) is 12.8 Å². The van der Waals surface area contributed by atoms with Crippen molar-refractivity contribution >= 4 is 5.82 Å². The van der Waals surface area contributed by atoms with Crippen molar-refractivity contribution in [2.75, 3.05) is 18.0 Å². The molecule has 0 radical (unpaired) electrons. The Bertz CT molecular complexity index is 712. The van der Waals surface area contributed by atoms with Crippen LogP contribution >= 0.6 is 0 Å². The molecule has 0 amide bonds. The van der Waals surface area contributed by atoms with E-state index in [4.69, 9.17) is 9.51 Å². The second kappa shape index (κ2) is 4.76. The second-order valence-electron chi connectivity index (χ2n) is 6.69. The average Bonchev–Trinajstić information content (AvgIpc) is 3.14. The van der Waals surface area contributed by atoms with Gasteiger partial charge in [0.05, 0.1) is 16.8 Å². The third kappa shape index (κ3) is 1.93. The van der Waals surface area contributed by atoms with Gasteiger partial charge in [0.2, 0.25) is 5.89 Å². The summed E-state index contributed by atoms with van der Waals surface area (Å²) >= 11 is 0. The van der Waals surface area contributed by atoms with E-state index in [0.717, 1.165) is 48.4 Å². The highest BCUT2D eigenvalue weighted by molar-refractivity contribution is 5.47. The van der Waals surface area contributed by atoms with Gasteiger partial charge in [-0.15, -0.1) is 0 Å². The quantitative estimate of drug-likeness (QED) is 0.848. The fourth-order valence-electron chi connectivity index (χ4n) is 4.12. The van der Waals surface area contributed by atoms with Crippen LogP contribution in [-0.2, 0) is 5.41 Å². The lowest BCUT2D eigenvalue weighted by molar-refractivity contribution is 0.265. The van der Waals surface area contributed by atoms with Gasteiger partial charge in [-0.05, 0) is 39.5 Å². The van der Waals surface area contributed by atoms with E-state index < -0.39 is 0 Å². The van der Waals surface area contributed by atoms with Crippen LogP contribution in [0.3, 0.4) is 0 Å². The lowest BCUT2D eigenvalue weighted by Gasteiger charge is -2.25. The summed E-state index contributed by atoms with van der Waals surface area (Å²) in [6, 6.07) is 0. The van der Waals surface area contributed by atoms with E-state index >= 15 is 0 Å². The Morgan fingerprint density at radius 3 is 2.91 bits per heavy atom. The van der Waals surface area contributed by atoms with Crippen LogP contribution in [0.1, 0.15) is 42.4 Å². The summed E-state index contributed by atoms with van der Waals surface area (Å²) < 4.78 is 5.57. The highest BCUT2D eigenvalue weighted by atomic mass is 16.5. The van der Waals surface area contributed by atoms with Gasteiger partial charge in [-0.1, -0.05) is 11.6 Å². The van der Waals surface area contributed by atoms with E-state index in [1.54, 1.807) is 0 Å². The van der Waals surface area contributed by atoms with Crippen molar-refractivity contribution in [1.82, 2.24) is 20.1 Å². The first-order chi connectivity index (χ1) is 10.6. The normalized spacial score (nSPS) is 27.4. The minimum Gasteiger partial charge on any atom is -0.354 e. The average molecular weight is 299 g/mol. The van der Waals surface area contributed by atoms with Crippen LogP contribution in [0, 0.1) is 26.7 Å². The topological polar surface area (TPSA) is 67.9 Å². The molecule has 116 valence electrons. The van der Waals surface area contributed by atoms with Crippen LogP contribution in [-0.4, -0.2) is 33.2 Å². The van der Waals surface area contributed by atoms with Crippen LogP contribution in [0.15, 0.2) is 10.7 Å². The first kappa shape index (κ1) is 13.7. The van der Waals surface area contributed by atoms with E-state index in [2.05, 4.69) is 20.0 Å². The van der Waals surface area contributed by atoms with Gasteiger partial charge in [-0.3, -0.25) is 4.98 Å². The summed E-state index contributed by atoms with van der Waals surface area (Å²) in [7, 11) is 0. The van der Waals surface area contributed by atoms with E-state index in [0.29, 0.717) is 5.92 Å². The molecule has 1 saturated carbocycles. The minimum absolute atomic E-state index is 0.000867. The predicted molar refractivity (Wildman–Crippen MR) is 81.8 cm³/mol. The van der Waals surface area contributed by atoms with Crippen molar-refractivity contribution in [1.29, 1.82) is 0 Å². The number of nitrogens with zero attached hydrogens (tertiary/aromatic N) is 5. The van der Waals surface area contributed by atoms with Crippen molar-refractivity contribution in [2.45, 2.75) is 45.4 Å². The highest BCUT2D eigenvalue weighted by Gasteiger charge is 2.54. The van der Waals surface area contributed by atoms with Crippen molar-refractivity contribution < 1.29 is 4.52 Å². The molecule has 0 aromatic carbocycles. The molecular weight excluding hydrogens is 278 g/mol. The summed E-state index contributed by atoms with van der Waals surface area (Å²) in [6.07, 6.45) is 5.40. The highest BCUT2D eigenvalue weighted by Crippen LogP contribution is 2.50. The third-order valence-electron chi connectivity index (χ3n) is 5.17. The maximum Gasteiger partial charge on any atom is 0.234 e. The number of anilines is 1. The van der Waals surface area contributed by atoms with Gasteiger partial charge in [0.1, 0.15) is 5.82 Å². The monoisotopic (exact) mass is 299 g/mol. The Labute approximate surface area is 130 Å². The van der Waals surface area contributed by atoms with E-state index in [-0.39, 0.29) is 5.41 Å². The molecule has 22 heavy (non-hydrogen) atoms. The standard InChI is InChI=1S/C16H21N5O/c1-10-7-17-11(2)14(18-10)21-8-13-5-4-6-16(13,9-21)15-19-12(3)20-22-15/h7,13H,4-6,8-9H2,1-3H3/t13-,16-/m0/s1. The maximum absolute atomic E-state index is 5.57. The molecule has 3 heterocycles. The Morgan fingerprint density at radius 1 is 1.27 bits per heavy atom. The second-order valence-corrected chi connectivity index (χ2v) is 6.69. The molecule has 1 aliphatic carbocycles. The van der Waals surface area contributed by atoms with Gasteiger partial charge in [0, 0.05) is 19.3 Å². The van der Waals surface area contributed by atoms with Crippen molar-refractivity contribution in [3.63, 3.8) is 0 Å². The lowest BCUT2D eigenvalue weighted by atomic mass is 9.80. The van der Waals surface area contributed by atoms with E-state index in [1.807, 2.05) is 27.0 Å². The first-order valence-electron chi connectivity index (χ1n) is 7.94. The smallest absolute Gasteiger partial charge is 0.234 e. The molecule has 6 heteroatoms. The Morgan fingerprint density at radius 2 is 2.14 bits per heavy atom. The number of rotatable bonds is 2.